The zero-order valence-electron chi connectivity index (χ0n) is 6.37. The summed E-state index contributed by atoms with van der Waals surface area (Å²) in [7, 11) is -5.17. The van der Waals surface area contributed by atoms with Gasteiger partial charge in [0.1, 0.15) is 0 Å². The Bertz CT molecular complexity index is 98.1. The van der Waals surface area contributed by atoms with Gasteiger partial charge in [-0.05, 0) is 0 Å². The van der Waals surface area contributed by atoms with E-state index >= 15 is 0 Å². The maximum Gasteiger partial charge on any atom is 0.0311 e. The molecule has 0 amide bonds. The SMILES string of the molecule is O.O.O.O.O.O.O=S(=O)([O-])[O-].[Co].[NH4+]. The molecule has 97 valence electrons. The summed E-state index contributed by atoms with van der Waals surface area (Å²) >= 11 is 0. The Morgan fingerprint density at radius 2 is 0.692 bits per heavy atom. The smallest absolute Gasteiger partial charge is 0.0311 e. The third kappa shape index (κ3) is 132000. The van der Waals surface area contributed by atoms with Gasteiger partial charge in [0, 0.05) is 27.2 Å². The monoisotopic (exact) mass is 281 g/mol. The van der Waals surface area contributed by atoms with Gasteiger partial charge in [-0.25, -0.2) is 0 Å². The van der Waals surface area contributed by atoms with Gasteiger partial charge in [0.15, 0.2) is 0 Å². The summed E-state index contributed by atoms with van der Waals surface area (Å²) in [5, 5.41) is 0. The number of quaternary nitrogens is 1. The maximum atomic E-state index is 8.52. The van der Waals surface area contributed by atoms with Crippen LogP contribution < -0.4 is 6.15 Å². The predicted octanol–water partition coefficient (Wildman–Crippen LogP) is -5.91. The fourth-order valence-corrected chi connectivity index (χ4v) is 0. The molecular weight excluding hydrogens is 265 g/mol. The molecule has 1 radical (unpaired) electrons. The van der Waals surface area contributed by atoms with E-state index < -0.39 is 10.4 Å². The first-order valence-corrected chi connectivity index (χ1v) is 2.00. The van der Waals surface area contributed by atoms with Crippen molar-refractivity contribution in [1.82, 2.24) is 6.15 Å². The quantitative estimate of drug-likeness (QED) is 0.334. The van der Waals surface area contributed by atoms with Crippen LogP contribution in [0.4, 0.5) is 0 Å². The maximum absolute atomic E-state index is 8.52. The van der Waals surface area contributed by atoms with E-state index in [4.69, 9.17) is 17.5 Å². The van der Waals surface area contributed by atoms with Gasteiger partial charge in [-0.15, -0.1) is 0 Å². The second-order valence-corrected chi connectivity index (χ2v) is 1.22. The molecular formula is H16CoNO10S-. The molecule has 13 heavy (non-hydrogen) atoms. The van der Waals surface area contributed by atoms with Crippen molar-refractivity contribution in [3.63, 3.8) is 0 Å². The molecule has 0 heterocycles. The van der Waals surface area contributed by atoms with Gasteiger partial charge in [-0.3, -0.25) is 8.42 Å². The molecule has 0 aliphatic heterocycles. The van der Waals surface area contributed by atoms with Gasteiger partial charge in [0.05, 0.1) is 0 Å². The molecule has 0 spiro atoms. The van der Waals surface area contributed by atoms with Gasteiger partial charge in [0.2, 0.25) is 0 Å². The van der Waals surface area contributed by atoms with E-state index in [0.717, 1.165) is 0 Å². The molecule has 11 nitrogen and oxygen atoms in total. The zero-order chi connectivity index (χ0) is 4.50. The van der Waals surface area contributed by atoms with Crippen LogP contribution in [0.3, 0.4) is 0 Å². The van der Waals surface area contributed by atoms with Crippen molar-refractivity contribution in [1.29, 1.82) is 0 Å². The summed E-state index contributed by atoms with van der Waals surface area (Å²) in [5.41, 5.74) is 0. The molecule has 16 N–H and O–H groups in total. The third-order valence-electron chi connectivity index (χ3n) is 0. The Kier molecular flexibility index (Phi) is 352. The average molecular weight is 281 g/mol. The molecule has 0 aliphatic carbocycles. The minimum atomic E-state index is -5.17. The predicted molar refractivity (Wildman–Crippen MR) is 38.1 cm³/mol. The molecule has 0 unspecified atom stereocenters. The van der Waals surface area contributed by atoms with Crippen LogP contribution in [0, 0.1) is 0 Å². The summed E-state index contributed by atoms with van der Waals surface area (Å²) in [6.07, 6.45) is 0. The van der Waals surface area contributed by atoms with E-state index in [1.807, 2.05) is 0 Å². The van der Waals surface area contributed by atoms with Crippen molar-refractivity contribution in [3.8, 4) is 0 Å². The zero-order valence-corrected chi connectivity index (χ0v) is 8.23. The topological polar surface area (TPSA) is 306 Å². The molecule has 0 saturated carbocycles. The molecule has 0 rings (SSSR count). The molecule has 0 fully saturated rings. The minimum Gasteiger partial charge on any atom is -0.759 e. The fourth-order valence-electron chi connectivity index (χ4n) is 0. The Labute approximate surface area is 84.3 Å². The summed E-state index contributed by atoms with van der Waals surface area (Å²) < 4.78 is 34.1. The molecule has 0 aromatic carbocycles. The standard InChI is InChI=1S/Co.H3N.H2O4S.6H2O/c;;1-5(2,3)4;;;;;;/h;1H3;(H2,1,2,3,4);6*1H2/p-1. The first-order valence-electron chi connectivity index (χ1n) is 0.667. The van der Waals surface area contributed by atoms with E-state index in [2.05, 4.69) is 0 Å². The second kappa shape index (κ2) is 40.1. The Hall–Kier alpha value is 0.0965. The van der Waals surface area contributed by atoms with Crippen molar-refractivity contribution in [2.75, 3.05) is 0 Å². The van der Waals surface area contributed by atoms with Gasteiger partial charge in [-0.1, -0.05) is 0 Å². The van der Waals surface area contributed by atoms with Crippen LogP contribution in [0.25, 0.3) is 0 Å². The van der Waals surface area contributed by atoms with Crippen molar-refractivity contribution >= 4 is 10.4 Å². The second-order valence-electron chi connectivity index (χ2n) is 0.408. The Balaban J connectivity index is -0.00000000286. The van der Waals surface area contributed by atoms with Crippen LogP contribution in [0.15, 0.2) is 0 Å². The largest absolute Gasteiger partial charge is 0.759 e. The summed E-state index contributed by atoms with van der Waals surface area (Å²) in [5.74, 6) is 0. The minimum absolute atomic E-state index is 0. The molecule has 0 atom stereocenters. The van der Waals surface area contributed by atoms with Crippen LogP contribution in [-0.2, 0) is 27.2 Å². The van der Waals surface area contributed by atoms with Crippen molar-refractivity contribution in [2.24, 2.45) is 0 Å². The van der Waals surface area contributed by atoms with E-state index in [1.54, 1.807) is 0 Å². The van der Waals surface area contributed by atoms with Crippen LogP contribution in [0.2, 0.25) is 0 Å². The van der Waals surface area contributed by atoms with Gasteiger partial charge >= 0.3 is 0 Å². The van der Waals surface area contributed by atoms with Crippen molar-refractivity contribution in [3.05, 3.63) is 0 Å². The molecule has 0 saturated heterocycles. The molecule has 0 aliphatic rings. The van der Waals surface area contributed by atoms with E-state index in [1.165, 1.54) is 0 Å². The number of hydrogen-bond acceptors (Lipinski definition) is 4. The molecule has 0 bridgehead atoms. The first-order chi connectivity index (χ1) is 2.00. The average Bonchev–Trinajstić information content (AvgIpc) is 0.722. The van der Waals surface area contributed by atoms with E-state index in [9.17, 15) is 0 Å². The van der Waals surface area contributed by atoms with Crippen LogP contribution in [0.1, 0.15) is 0 Å². The summed E-state index contributed by atoms with van der Waals surface area (Å²) in [6, 6.07) is 0. The molecule has 0 aromatic rings. The molecule has 13 heteroatoms. The van der Waals surface area contributed by atoms with E-state index in [-0.39, 0.29) is 55.8 Å². The van der Waals surface area contributed by atoms with E-state index in [0.29, 0.717) is 0 Å². The Morgan fingerprint density at radius 1 is 0.692 bits per heavy atom. The van der Waals surface area contributed by atoms with Gasteiger partial charge in [-0.2, -0.15) is 0 Å². The normalized spacial score (nSPS) is 4.46. The number of rotatable bonds is 0. The molecule has 0 aromatic heterocycles. The summed E-state index contributed by atoms with van der Waals surface area (Å²) in [6.45, 7) is 0. The van der Waals surface area contributed by atoms with Gasteiger partial charge < -0.3 is 48.1 Å². The van der Waals surface area contributed by atoms with Crippen molar-refractivity contribution < 1.29 is 67.2 Å². The number of hydrogen-bond donors (Lipinski definition) is 1. The Morgan fingerprint density at radius 3 is 0.692 bits per heavy atom. The summed E-state index contributed by atoms with van der Waals surface area (Å²) in [4.78, 5) is 0. The van der Waals surface area contributed by atoms with Gasteiger partial charge in [0.25, 0.3) is 0 Å². The van der Waals surface area contributed by atoms with Crippen LogP contribution in [-0.4, -0.2) is 50.4 Å². The van der Waals surface area contributed by atoms with Crippen LogP contribution in [0.5, 0.6) is 0 Å². The fraction of sp³-hybridized carbons (Fsp3) is 0. The van der Waals surface area contributed by atoms with Crippen LogP contribution >= 0.6 is 0 Å². The third-order valence-corrected chi connectivity index (χ3v) is 0. The van der Waals surface area contributed by atoms with Crippen molar-refractivity contribution in [2.45, 2.75) is 0 Å². The first kappa shape index (κ1) is 114.